The van der Waals surface area contributed by atoms with E-state index in [1.165, 1.54) is 0 Å². The van der Waals surface area contributed by atoms with Crippen molar-refractivity contribution in [1.82, 2.24) is 0 Å². The van der Waals surface area contributed by atoms with Gasteiger partial charge in [-0.2, -0.15) is 0 Å². The standard InChI is InChI=1S/C15H17BrN2O2S/c1-10-3-5-13(6-4-10)18-21(19,20)15-8-12(9-17)7-14(16)11(15)2/h3-8,18H,9,17H2,1-2H3. The molecule has 2 aromatic carbocycles. The molecular weight excluding hydrogens is 352 g/mol. The van der Waals surface area contributed by atoms with E-state index < -0.39 is 10.0 Å². The van der Waals surface area contributed by atoms with Gasteiger partial charge in [-0.3, -0.25) is 4.72 Å². The van der Waals surface area contributed by atoms with E-state index in [1.807, 2.05) is 25.1 Å². The maximum absolute atomic E-state index is 12.6. The van der Waals surface area contributed by atoms with Crippen molar-refractivity contribution >= 4 is 31.6 Å². The van der Waals surface area contributed by atoms with Crippen molar-refractivity contribution < 1.29 is 8.42 Å². The molecule has 0 aliphatic rings. The monoisotopic (exact) mass is 368 g/mol. The van der Waals surface area contributed by atoms with Crippen molar-refractivity contribution in [2.45, 2.75) is 25.3 Å². The number of aryl methyl sites for hydroxylation is 1. The zero-order valence-corrected chi connectivity index (χ0v) is 14.3. The van der Waals surface area contributed by atoms with Crippen molar-refractivity contribution in [1.29, 1.82) is 0 Å². The Morgan fingerprint density at radius 2 is 1.76 bits per heavy atom. The smallest absolute Gasteiger partial charge is 0.262 e. The fourth-order valence-electron chi connectivity index (χ4n) is 1.94. The van der Waals surface area contributed by atoms with Crippen molar-refractivity contribution in [3.8, 4) is 0 Å². The van der Waals surface area contributed by atoms with Gasteiger partial charge in [0.2, 0.25) is 0 Å². The summed E-state index contributed by atoms with van der Waals surface area (Å²) in [6, 6.07) is 10.6. The molecular formula is C15H17BrN2O2S. The maximum atomic E-state index is 12.6. The number of sulfonamides is 1. The quantitative estimate of drug-likeness (QED) is 0.869. The topological polar surface area (TPSA) is 72.2 Å². The molecule has 0 aliphatic heterocycles. The van der Waals surface area contributed by atoms with E-state index in [9.17, 15) is 8.42 Å². The molecule has 2 rings (SSSR count). The van der Waals surface area contributed by atoms with Crippen LogP contribution in [0.1, 0.15) is 16.7 Å². The first-order valence-electron chi connectivity index (χ1n) is 6.42. The Morgan fingerprint density at radius 3 is 2.33 bits per heavy atom. The van der Waals surface area contributed by atoms with E-state index in [0.717, 1.165) is 15.6 Å². The van der Waals surface area contributed by atoms with E-state index in [-0.39, 0.29) is 11.4 Å². The number of benzene rings is 2. The molecule has 0 amide bonds. The lowest BCUT2D eigenvalue weighted by atomic mass is 10.1. The zero-order chi connectivity index (χ0) is 15.6. The summed E-state index contributed by atoms with van der Waals surface area (Å²) in [7, 11) is -3.65. The van der Waals surface area contributed by atoms with Crippen LogP contribution in [0.5, 0.6) is 0 Å². The van der Waals surface area contributed by atoms with Crippen LogP contribution in [-0.4, -0.2) is 8.42 Å². The van der Waals surface area contributed by atoms with Crippen LogP contribution in [0.4, 0.5) is 5.69 Å². The number of nitrogens with two attached hydrogens (primary N) is 1. The maximum Gasteiger partial charge on any atom is 0.262 e. The summed E-state index contributed by atoms with van der Waals surface area (Å²) in [6.07, 6.45) is 0. The first kappa shape index (κ1) is 16.0. The van der Waals surface area contributed by atoms with Gasteiger partial charge in [0.25, 0.3) is 10.0 Å². The van der Waals surface area contributed by atoms with Gasteiger partial charge in [-0.25, -0.2) is 8.42 Å². The Morgan fingerprint density at radius 1 is 1.14 bits per heavy atom. The van der Waals surface area contributed by atoms with Gasteiger partial charge in [0, 0.05) is 16.7 Å². The number of hydrogen-bond acceptors (Lipinski definition) is 3. The number of rotatable bonds is 4. The molecule has 112 valence electrons. The third-order valence-corrected chi connectivity index (χ3v) is 5.52. The van der Waals surface area contributed by atoms with Crippen LogP contribution < -0.4 is 10.5 Å². The fourth-order valence-corrected chi connectivity index (χ4v) is 3.95. The van der Waals surface area contributed by atoms with Crippen LogP contribution in [0.25, 0.3) is 0 Å². The highest BCUT2D eigenvalue weighted by Gasteiger charge is 2.19. The van der Waals surface area contributed by atoms with Crippen LogP contribution in [0, 0.1) is 13.8 Å². The summed E-state index contributed by atoms with van der Waals surface area (Å²) in [5.74, 6) is 0. The van der Waals surface area contributed by atoms with E-state index in [2.05, 4.69) is 20.7 Å². The molecule has 0 unspecified atom stereocenters. The Kier molecular flexibility index (Phi) is 4.70. The Labute approximate surface area is 133 Å². The molecule has 6 heteroatoms. The molecule has 0 aromatic heterocycles. The molecule has 0 radical (unpaired) electrons. The lowest BCUT2D eigenvalue weighted by molar-refractivity contribution is 0.600. The van der Waals surface area contributed by atoms with Gasteiger partial charge in [-0.15, -0.1) is 0 Å². The van der Waals surface area contributed by atoms with Gasteiger partial charge in [0.1, 0.15) is 0 Å². The second-order valence-electron chi connectivity index (χ2n) is 4.88. The largest absolute Gasteiger partial charge is 0.326 e. The van der Waals surface area contributed by atoms with E-state index >= 15 is 0 Å². The molecule has 0 aliphatic carbocycles. The summed E-state index contributed by atoms with van der Waals surface area (Å²) >= 11 is 3.38. The summed E-state index contributed by atoms with van der Waals surface area (Å²) in [5, 5.41) is 0. The molecule has 0 spiro atoms. The number of nitrogens with one attached hydrogen (secondary N) is 1. The second kappa shape index (κ2) is 6.17. The van der Waals surface area contributed by atoms with Crippen LogP contribution in [0.2, 0.25) is 0 Å². The molecule has 0 bridgehead atoms. The molecule has 3 N–H and O–H groups in total. The third-order valence-electron chi connectivity index (χ3n) is 3.19. The molecule has 0 heterocycles. The Bertz CT molecular complexity index is 756. The van der Waals surface area contributed by atoms with Gasteiger partial charge < -0.3 is 5.73 Å². The highest BCUT2D eigenvalue weighted by molar-refractivity contribution is 9.10. The van der Waals surface area contributed by atoms with Crippen LogP contribution in [0.3, 0.4) is 0 Å². The first-order valence-corrected chi connectivity index (χ1v) is 8.69. The molecule has 0 fully saturated rings. The van der Waals surface area contributed by atoms with Crippen molar-refractivity contribution in [3.05, 3.63) is 57.6 Å². The van der Waals surface area contributed by atoms with Crippen LogP contribution in [0.15, 0.2) is 45.8 Å². The lowest BCUT2D eigenvalue weighted by Gasteiger charge is -2.13. The number of anilines is 1. The SMILES string of the molecule is Cc1ccc(NS(=O)(=O)c2cc(CN)cc(Br)c2C)cc1. The number of hydrogen-bond donors (Lipinski definition) is 2. The summed E-state index contributed by atoms with van der Waals surface area (Å²) in [6.45, 7) is 3.99. The number of halogens is 1. The van der Waals surface area contributed by atoms with Crippen molar-refractivity contribution in [2.24, 2.45) is 5.73 Å². The molecule has 0 atom stereocenters. The van der Waals surface area contributed by atoms with E-state index in [0.29, 0.717) is 11.3 Å². The van der Waals surface area contributed by atoms with Gasteiger partial charge in [0.15, 0.2) is 0 Å². The average Bonchev–Trinajstić information content (AvgIpc) is 2.43. The first-order chi connectivity index (χ1) is 9.83. The highest BCUT2D eigenvalue weighted by atomic mass is 79.9. The zero-order valence-electron chi connectivity index (χ0n) is 11.9. The van der Waals surface area contributed by atoms with Gasteiger partial charge in [-0.05, 0) is 49.2 Å². The molecule has 2 aromatic rings. The summed E-state index contributed by atoms with van der Waals surface area (Å²) in [5.41, 5.74) is 8.64. The minimum Gasteiger partial charge on any atom is -0.326 e. The summed E-state index contributed by atoms with van der Waals surface area (Å²) < 4.78 is 28.4. The van der Waals surface area contributed by atoms with Crippen LogP contribution in [-0.2, 0) is 16.6 Å². The van der Waals surface area contributed by atoms with Gasteiger partial charge in [0.05, 0.1) is 4.90 Å². The Hall–Kier alpha value is -1.37. The third kappa shape index (κ3) is 3.64. The molecule has 0 saturated heterocycles. The van der Waals surface area contributed by atoms with Gasteiger partial charge in [-0.1, -0.05) is 33.6 Å². The fraction of sp³-hybridized carbons (Fsp3) is 0.200. The summed E-state index contributed by atoms with van der Waals surface area (Å²) in [4.78, 5) is 0.234. The Balaban J connectivity index is 2.44. The van der Waals surface area contributed by atoms with Crippen molar-refractivity contribution in [2.75, 3.05) is 4.72 Å². The second-order valence-corrected chi connectivity index (χ2v) is 7.38. The minimum atomic E-state index is -3.65. The van der Waals surface area contributed by atoms with Crippen LogP contribution >= 0.6 is 15.9 Å². The predicted molar refractivity (Wildman–Crippen MR) is 88.8 cm³/mol. The molecule has 0 saturated carbocycles. The average molecular weight is 369 g/mol. The lowest BCUT2D eigenvalue weighted by Crippen LogP contribution is -2.15. The normalized spacial score (nSPS) is 11.4. The van der Waals surface area contributed by atoms with Crippen molar-refractivity contribution in [3.63, 3.8) is 0 Å². The van der Waals surface area contributed by atoms with E-state index in [4.69, 9.17) is 5.73 Å². The predicted octanol–water partition coefficient (Wildman–Crippen LogP) is 3.33. The van der Waals surface area contributed by atoms with Gasteiger partial charge >= 0.3 is 0 Å². The highest BCUT2D eigenvalue weighted by Crippen LogP contribution is 2.27. The minimum absolute atomic E-state index is 0.234. The molecule has 21 heavy (non-hydrogen) atoms. The van der Waals surface area contributed by atoms with E-state index in [1.54, 1.807) is 25.1 Å². The molecule has 4 nitrogen and oxygen atoms in total.